The highest BCUT2D eigenvalue weighted by Crippen LogP contribution is 2.52. The van der Waals surface area contributed by atoms with Crippen molar-refractivity contribution >= 4 is 21.5 Å². The fraction of sp³-hybridized carbons (Fsp3) is 0.357. The Balaban J connectivity index is 1.29. The Bertz CT molecular complexity index is 1410. The smallest absolute Gasteiger partial charge is 0.245 e. The third kappa shape index (κ3) is 2.94. The third-order valence-electron chi connectivity index (χ3n) is 7.21. The maximum Gasteiger partial charge on any atom is 0.245 e. The second-order valence-corrected chi connectivity index (χ2v) is 10.6. The minimum absolute atomic E-state index is 0.481. The molecule has 0 atom stereocenters. The summed E-state index contributed by atoms with van der Waals surface area (Å²) in [5, 5.41) is 30.2. The molecule has 0 radical (unpaired) electrons. The summed E-state index contributed by atoms with van der Waals surface area (Å²) >= 11 is 0. The Labute approximate surface area is 207 Å². The van der Waals surface area contributed by atoms with Crippen LogP contribution in [0.1, 0.15) is 50.9 Å². The van der Waals surface area contributed by atoms with E-state index < -0.39 is 35.6 Å². The molecule has 0 spiro atoms. The summed E-state index contributed by atoms with van der Waals surface area (Å²) in [6.07, 6.45) is 0.778. The molecule has 3 aliphatic rings. The van der Waals surface area contributed by atoms with Gasteiger partial charge in [0, 0.05) is 49.9 Å². The largest absolute Gasteiger partial charge is 0.851 e. The van der Waals surface area contributed by atoms with Gasteiger partial charge in [-0.05, 0) is 24.0 Å². The highest BCUT2D eigenvalue weighted by Gasteiger charge is 2.43. The molecule has 0 amide bonds. The minimum atomic E-state index is -1.20. The second kappa shape index (κ2) is 6.99. The topological polar surface area (TPSA) is 109 Å². The van der Waals surface area contributed by atoms with E-state index in [1.807, 2.05) is 64.1 Å². The molecule has 1 aliphatic carbocycles. The molecule has 4 aromatic rings. The summed E-state index contributed by atoms with van der Waals surface area (Å²) in [5.41, 5.74) is 0.963. The van der Waals surface area contributed by atoms with Gasteiger partial charge in [0.15, 0.2) is 11.5 Å². The average Bonchev–Trinajstić information content (AvgIpc) is 2.81. The summed E-state index contributed by atoms with van der Waals surface area (Å²) in [6.45, 7) is 7.30. The number of rotatable bonds is 2. The van der Waals surface area contributed by atoms with Crippen molar-refractivity contribution < 1.29 is 29.2 Å². The number of aromatic nitrogens is 2. The van der Waals surface area contributed by atoms with Gasteiger partial charge in [-0.1, -0.05) is 24.3 Å². The summed E-state index contributed by atoms with van der Waals surface area (Å²) in [7, 11) is 0. The van der Waals surface area contributed by atoms with Gasteiger partial charge in [-0.3, -0.25) is 9.97 Å². The van der Waals surface area contributed by atoms with E-state index in [-0.39, 0.29) is 0 Å². The van der Waals surface area contributed by atoms with Gasteiger partial charge in [-0.2, -0.15) is 0 Å². The molecule has 4 heterocycles. The standard InChI is InChI=1S/C28H24N2O6/c1-27(2)33-15-9-5-7-13-19(15)17(35-27)11-29-23(13)21-25(31)22(26(21)32)24-14-8-6-10-16-20(14)18(12-30-24)36-28(3,4)34-16/h5-12,21-22,25-26H,1-4H3/q-2. The molecular weight excluding hydrogens is 460 g/mol. The first kappa shape index (κ1) is 21.6. The Hall–Kier alpha value is -3.62. The molecule has 36 heavy (non-hydrogen) atoms. The zero-order chi connectivity index (χ0) is 25.0. The third-order valence-corrected chi connectivity index (χ3v) is 7.21. The van der Waals surface area contributed by atoms with Crippen LogP contribution in [0.4, 0.5) is 0 Å². The molecule has 0 N–H and O–H groups in total. The lowest BCUT2D eigenvalue weighted by Gasteiger charge is -2.61. The molecule has 0 bridgehead atoms. The lowest BCUT2D eigenvalue weighted by molar-refractivity contribution is -0.536. The van der Waals surface area contributed by atoms with Crippen molar-refractivity contribution in [3.63, 3.8) is 0 Å². The van der Waals surface area contributed by atoms with Crippen LogP contribution in [0.15, 0.2) is 48.8 Å². The lowest BCUT2D eigenvalue weighted by atomic mass is 9.64. The predicted octanol–water partition coefficient (Wildman–Crippen LogP) is 3.14. The zero-order valence-corrected chi connectivity index (χ0v) is 20.3. The van der Waals surface area contributed by atoms with Crippen LogP contribution in [0.5, 0.6) is 23.0 Å². The molecule has 0 unspecified atom stereocenters. The maximum atomic E-state index is 13.7. The molecule has 1 saturated carbocycles. The first-order valence-corrected chi connectivity index (χ1v) is 12.0. The predicted molar refractivity (Wildman–Crippen MR) is 127 cm³/mol. The van der Waals surface area contributed by atoms with Crippen molar-refractivity contribution in [3.8, 4) is 23.0 Å². The molecule has 1 fully saturated rings. The number of hydrogen-bond donors (Lipinski definition) is 0. The Morgan fingerprint density at radius 3 is 1.42 bits per heavy atom. The van der Waals surface area contributed by atoms with Gasteiger partial charge in [-0.25, -0.2) is 0 Å². The van der Waals surface area contributed by atoms with Crippen LogP contribution in [-0.2, 0) is 0 Å². The van der Waals surface area contributed by atoms with Crippen LogP contribution in [0.3, 0.4) is 0 Å². The van der Waals surface area contributed by atoms with Gasteiger partial charge in [-0.15, -0.1) is 12.2 Å². The van der Waals surface area contributed by atoms with Gasteiger partial charge in [0.05, 0.1) is 23.2 Å². The first-order valence-electron chi connectivity index (χ1n) is 12.0. The van der Waals surface area contributed by atoms with Crippen LogP contribution in [0.2, 0.25) is 0 Å². The molecule has 8 heteroatoms. The molecule has 2 aromatic carbocycles. The van der Waals surface area contributed by atoms with E-state index in [4.69, 9.17) is 18.9 Å². The van der Waals surface area contributed by atoms with Crippen LogP contribution in [0, 0.1) is 0 Å². The molecule has 0 saturated heterocycles. The van der Waals surface area contributed by atoms with Crippen molar-refractivity contribution in [3.05, 3.63) is 60.2 Å². The monoisotopic (exact) mass is 484 g/mol. The van der Waals surface area contributed by atoms with Gasteiger partial charge in [0.25, 0.3) is 0 Å². The maximum absolute atomic E-state index is 13.7. The van der Waals surface area contributed by atoms with Crippen LogP contribution >= 0.6 is 0 Å². The number of ether oxygens (including phenoxy) is 4. The summed E-state index contributed by atoms with van der Waals surface area (Å²) in [6, 6.07) is 11.1. The first-order chi connectivity index (χ1) is 17.1. The highest BCUT2D eigenvalue weighted by atomic mass is 16.7. The Morgan fingerprint density at radius 1 is 0.611 bits per heavy atom. The molecule has 2 aromatic heterocycles. The molecule has 7 rings (SSSR count). The SMILES string of the molecule is CC1(C)Oc2cccc3c(C4C([O-])C(c5ncc6c7c(cccc57)OC(C)(C)O6)C4[O-])ncc(c23)O1. The van der Waals surface area contributed by atoms with E-state index in [1.165, 1.54) is 0 Å². The zero-order valence-electron chi connectivity index (χ0n) is 20.3. The summed E-state index contributed by atoms with van der Waals surface area (Å²) in [4.78, 5) is 9.11. The normalized spacial score (nSPS) is 26.8. The quantitative estimate of drug-likeness (QED) is 0.427. The highest BCUT2D eigenvalue weighted by molar-refractivity contribution is 5.97. The van der Waals surface area contributed by atoms with E-state index >= 15 is 0 Å². The Morgan fingerprint density at radius 2 is 1.00 bits per heavy atom. The van der Waals surface area contributed by atoms with E-state index in [1.54, 1.807) is 12.4 Å². The molecule has 2 aliphatic heterocycles. The molecule has 184 valence electrons. The van der Waals surface area contributed by atoms with Crippen LogP contribution < -0.4 is 29.2 Å². The van der Waals surface area contributed by atoms with Gasteiger partial charge < -0.3 is 29.2 Å². The fourth-order valence-electron chi connectivity index (χ4n) is 5.78. The molecule has 8 nitrogen and oxygen atoms in total. The van der Waals surface area contributed by atoms with Gasteiger partial charge in [0.1, 0.15) is 11.5 Å². The lowest BCUT2D eigenvalue weighted by Crippen LogP contribution is -2.64. The van der Waals surface area contributed by atoms with Crippen molar-refractivity contribution in [1.29, 1.82) is 0 Å². The van der Waals surface area contributed by atoms with Crippen molar-refractivity contribution in [2.24, 2.45) is 0 Å². The van der Waals surface area contributed by atoms with E-state index in [9.17, 15) is 10.2 Å². The number of nitrogens with zero attached hydrogens (tertiary/aromatic N) is 2. The fourth-order valence-corrected chi connectivity index (χ4v) is 5.78. The minimum Gasteiger partial charge on any atom is -0.851 e. The van der Waals surface area contributed by atoms with Gasteiger partial charge >= 0.3 is 0 Å². The van der Waals surface area contributed by atoms with Crippen molar-refractivity contribution in [2.45, 2.75) is 63.3 Å². The molecular formula is C28H24N2O6-2. The van der Waals surface area contributed by atoms with E-state index in [2.05, 4.69) is 9.97 Å². The number of benzene rings is 2. The van der Waals surface area contributed by atoms with Crippen molar-refractivity contribution in [2.75, 3.05) is 0 Å². The summed E-state index contributed by atoms with van der Waals surface area (Å²) in [5.74, 6) is -0.841. The Kier molecular flexibility index (Phi) is 4.20. The van der Waals surface area contributed by atoms with Crippen LogP contribution in [0.25, 0.3) is 21.5 Å². The summed E-state index contributed by atoms with van der Waals surface area (Å²) < 4.78 is 23.9. The van der Waals surface area contributed by atoms with Crippen LogP contribution in [-0.4, -0.2) is 33.8 Å². The second-order valence-electron chi connectivity index (χ2n) is 10.6. The average molecular weight is 485 g/mol. The number of pyridine rings is 2. The van der Waals surface area contributed by atoms with E-state index in [0.29, 0.717) is 45.2 Å². The van der Waals surface area contributed by atoms with E-state index in [0.717, 1.165) is 10.8 Å². The van der Waals surface area contributed by atoms with Crippen molar-refractivity contribution in [1.82, 2.24) is 9.97 Å². The number of hydrogen-bond acceptors (Lipinski definition) is 8. The van der Waals surface area contributed by atoms with Gasteiger partial charge in [0.2, 0.25) is 11.6 Å².